The molecule has 0 saturated carbocycles. The zero-order valence-electron chi connectivity index (χ0n) is 18.7. The standard InChI is InChI=1S/C12H14N2O2.C12H17NO2/c1-8-10-7-9(4-6-12(15)16-2)3-5-11(10)14-13-8;1-3-10-8-9(4-6-11(10)13)5-7-12(14)15-2/h3,5,7H,4,6H2,1-2H3,(H,13,14);4,6,8H,3,5,7,13H2,1-2H3. The first-order valence-electron chi connectivity index (χ1n) is 10.3. The number of carbonyl (C=O) groups excluding carboxylic acids is 2. The van der Waals surface area contributed by atoms with E-state index in [2.05, 4.69) is 38.7 Å². The molecule has 0 aliphatic carbocycles. The molecule has 0 unspecified atom stereocenters. The number of aromatic nitrogens is 2. The Hall–Kier alpha value is -3.35. The summed E-state index contributed by atoms with van der Waals surface area (Å²) in [6.07, 6.45) is 3.16. The fourth-order valence-electron chi connectivity index (χ4n) is 3.16. The normalized spacial score (nSPS) is 10.3. The summed E-state index contributed by atoms with van der Waals surface area (Å²) in [6.45, 7) is 4.05. The molecule has 0 saturated heterocycles. The number of aromatic amines is 1. The van der Waals surface area contributed by atoms with E-state index in [0.29, 0.717) is 25.7 Å². The fourth-order valence-corrected chi connectivity index (χ4v) is 3.16. The topological polar surface area (TPSA) is 107 Å². The highest BCUT2D eigenvalue weighted by atomic mass is 16.5. The van der Waals surface area contributed by atoms with Gasteiger partial charge in [0, 0.05) is 29.6 Å². The molecule has 0 spiro atoms. The third kappa shape index (κ3) is 7.13. The van der Waals surface area contributed by atoms with Gasteiger partial charge in [0.2, 0.25) is 0 Å². The fraction of sp³-hybridized carbons (Fsp3) is 0.375. The van der Waals surface area contributed by atoms with Gasteiger partial charge in [-0.1, -0.05) is 25.1 Å². The Morgan fingerprint density at radius 1 is 0.968 bits per heavy atom. The molecule has 3 N–H and O–H groups in total. The molecule has 166 valence electrons. The van der Waals surface area contributed by atoms with E-state index in [1.165, 1.54) is 14.2 Å². The van der Waals surface area contributed by atoms with Crippen LogP contribution in [-0.2, 0) is 38.3 Å². The Kier molecular flexibility index (Phi) is 9.06. The van der Waals surface area contributed by atoms with Gasteiger partial charge in [-0.3, -0.25) is 14.7 Å². The summed E-state index contributed by atoms with van der Waals surface area (Å²) in [4.78, 5) is 22.0. The van der Waals surface area contributed by atoms with Crippen LogP contribution in [0.15, 0.2) is 36.4 Å². The highest BCUT2D eigenvalue weighted by molar-refractivity contribution is 5.82. The second-order valence-corrected chi connectivity index (χ2v) is 7.24. The first-order chi connectivity index (χ1) is 14.9. The quantitative estimate of drug-likeness (QED) is 0.439. The van der Waals surface area contributed by atoms with Crippen LogP contribution in [0.3, 0.4) is 0 Å². The minimum Gasteiger partial charge on any atom is -0.469 e. The van der Waals surface area contributed by atoms with Crippen molar-refractivity contribution in [2.24, 2.45) is 0 Å². The lowest BCUT2D eigenvalue weighted by molar-refractivity contribution is -0.141. The molecule has 2 aromatic carbocycles. The number of nitrogens with two attached hydrogens (primary N) is 1. The van der Waals surface area contributed by atoms with Gasteiger partial charge < -0.3 is 15.2 Å². The number of carbonyl (C=O) groups is 2. The zero-order valence-corrected chi connectivity index (χ0v) is 18.7. The number of nitrogens with one attached hydrogen (secondary N) is 1. The number of esters is 2. The van der Waals surface area contributed by atoms with Crippen molar-refractivity contribution in [2.45, 2.75) is 46.0 Å². The summed E-state index contributed by atoms with van der Waals surface area (Å²) in [5.41, 5.74) is 12.0. The molecule has 3 rings (SSSR count). The summed E-state index contributed by atoms with van der Waals surface area (Å²) >= 11 is 0. The van der Waals surface area contributed by atoms with Crippen LogP contribution in [0.5, 0.6) is 0 Å². The molecular weight excluding hydrogens is 394 g/mol. The summed E-state index contributed by atoms with van der Waals surface area (Å²) < 4.78 is 9.20. The molecule has 7 nitrogen and oxygen atoms in total. The Balaban J connectivity index is 0.000000221. The van der Waals surface area contributed by atoms with E-state index in [-0.39, 0.29) is 11.9 Å². The van der Waals surface area contributed by atoms with Gasteiger partial charge in [-0.25, -0.2) is 0 Å². The minimum atomic E-state index is -0.177. The van der Waals surface area contributed by atoms with Gasteiger partial charge in [-0.05, 0) is 61.1 Å². The van der Waals surface area contributed by atoms with Crippen molar-refractivity contribution in [2.75, 3.05) is 20.0 Å². The molecule has 0 bridgehead atoms. The molecule has 7 heteroatoms. The monoisotopic (exact) mass is 425 g/mol. The molecule has 0 radical (unpaired) electrons. The van der Waals surface area contributed by atoms with E-state index in [0.717, 1.165) is 45.4 Å². The van der Waals surface area contributed by atoms with Crippen molar-refractivity contribution in [3.8, 4) is 0 Å². The molecule has 0 fully saturated rings. The van der Waals surface area contributed by atoms with Crippen molar-refractivity contribution in [3.63, 3.8) is 0 Å². The number of hydrogen-bond acceptors (Lipinski definition) is 6. The van der Waals surface area contributed by atoms with E-state index >= 15 is 0 Å². The van der Waals surface area contributed by atoms with Crippen molar-refractivity contribution in [3.05, 3.63) is 58.8 Å². The van der Waals surface area contributed by atoms with Crippen LogP contribution in [0.4, 0.5) is 5.69 Å². The highest BCUT2D eigenvalue weighted by Crippen LogP contribution is 2.18. The second-order valence-electron chi connectivity index (χ2n) is 7.24. The van der Waals surface area contributed by atoms with Crippen LogP contribution in [0.1, 0.15) is 42.1 Å². The number of fused-ring (bicyclic) bond motifs is 1. The van der Waals surface area contributed by atoms with E-state index in [4.69, 9.17) is 5.73 Å². The molecule has 0 aliphatic rings. The van der Waals surface area contributed by atoms with Crippen LogP contribution < -0.4 is 5.73 Å². The maximum atomic E-state index is 11.0. The Morgan fingerprint density at radius 2 is 1.55 bits per heavy atom. The van der Waals surface area contributed by atoms with Crippen LogP contribution in [0, 0.1) is 6.92 Å². The molecule has 1 aromatic heterocycles. The van der Waals surface area contributed by atoms with Crippen molar-refractivity contribution in [1.82, 2.24) is 10.2 Å². The average Bonchev–Trinajstić information content (AvgIpc) is 3.17. The molecule has 3 aromatic rings. The summed E-state index contributed by atoms with van der Waals surface area (Å²) in [5, 5.41) is 8.21. The molecule has 0 aliphatic heterocycles. The van der Waals surface area contributed by atoms with E-state index in [9.17, 15) is 9.59 Å². The van der Waals surface area contributed by atoms with Gasteiger partial charge in [0.25, 0.3) is 0 Å². The maximum Gasteiger partial charge on any atom is 0.305 e. The molecule has 0 atom stereocenters. The molecular formula is C24H31N3O4. The van der Waals surface area contributed by atoms with Gasteiger partial charge in [0.05, 0.1) is 19.7 Å². The number of methoxy groups -OCH3 is 2. The highest BCUT2D eigenvalue weighted by Gasteiger charge is 2.05. The number of benzene rings is 2. The molecule has 31 heavy (non-hydrogen) atoms. The number of nitrogen functional groups attached to an aromatic ring is 1. The first-order valence-corrected chi connectivity index (χ1v) is 10.3. The molecule has 0 amide bonds. The number of rotatable bonds is 7. The summed E-state index contributed by atoms with van der Waals surface area (Å²) in [7, 11) is 2.81. The van der Waals surface area contributed by atoms with Gasteiger partial charge in [-0.2, -0.15) is 5.10 Å². The minimum absolute atomic E-state index is 0.176. The van der Waals surface area contributed by atoms with E-state index < -0.39 is 0 Å². The van der Waals surface area contributed by atoms with Gasteiger partial charge in [-0.15, -0.1) is 0 Å². The van der Waals surface area contributed by atoms with Crippen LogP contribution >= 0.6 is 0 Å². The number of hydrogen-bond donors (Lipinski definition) is 2. The summed E-state index contributed by atoms with van der Waals surface area (Å²) in [6, 6.07) is 11.9. The second kappa shape index (κ2) is 11.7. The number of nitrogens with zero attached hydrogens (tertiary/aromatic N) is 1. The van der Waals surface area contributed by atoms with E-state index in [1.54, 1.807) is 0 Å². The Morgan fingerprint density at radius 3 is 2.13 bits per heavy atom. The smallest absolute Gasteiger partial charge is 0.305 e. The third-order valence-electron chi connectivity index (χ3n) is 5.09. The lowest BCUT2D eigenvalue weighted by Crippen LogP contribution is -2.02. The SMILES string of the molecule is CCc1cc(CCC(=O)OC)ccc1N.COC(=O)CCc1ccc2n[nH]c(C)c2c1. The van der Waals surface area contributed by atoms with Gasteiger partial charge in [0.15, 0.2) is 0 Å². The van der Waals surface area contributed by atoms with Crippen LogP contribution in [0.2, 0.25) is 0 Å². The Labute approximate surface area is 182 Å². The van der Waals surface area contributed by atoms with Gasteiger partial charge >= 0.3 is 11.9 Å². The number of anilines is 1. The largest absolute Gasteiger partial charge is 0.469 e. The third-order valence-corrected chi connectivity index (χ3v) is 5.09. The van der Waals surface area contributed by atoms with Crippen molar-refractivity contribution >= 4 is 28.5 Å². The van der Waals surface area contributed by atoms with Gasteiger partial charge in [0.1, 0.15) is 0 Å². The Bertz CT molecular complexity index is 1030. The lowest BCUT2D eigenvalue weighted by atomic mass is 10.0. The average molecular weight is 426 g/mol. The number of aryl methyl sites for hydroxylation is 4. The zero-order chi connectivity index (χ0) is 22.8. The predicted octanol–water partition coefficient (Wildman–Crippen LogP) is 3.91. The van der Waals surface area contributed by atoms with Crippen molar-refractivity contribution in [1.29, 1.82) is 0 Å². The van der Waals surface area contributed by atoms with E-state index in [1.807, 2.05) is 31.2 Å². The van der Waals surface area contributed by atoms with Crippen molar-refractivity contribution < 1.29 is 19.1 Å². The van der Waals surface area contributed by atoms with Crippen LogP contribution in [0.25, 0.3) is 10.9 Å². The lowest BCUT2D eigenvalue weighted by Gasteiger charge is -2.06. The summed E-state index contributed by atoms with van der Waals surface area (Å²) in [5.74, 6) is -0.353. The predicted molar refractivity (Wildman–Crippen MR) is 122 cm³/mol. The first kappa shape index (κ1) is 23.9. The number of ether oxygens (including phenoxy) is 2. The molecule has 1 heterocycles. The maximum absolute atomic E-state index is 11.0. The number of H-pyrrole nitrogens is 1. The van der Waals surface area contributed by atoms with Crippen LogP contribution in [-0.4, -0.2) is 36.4 Å².